The Bertz CT molecular complexity index is 1020. The van der Waals surface area contributed by atoms with Crippen LogP contribution >= 0.6 is 0 Å². The van der Waals surface area contributed by atoms with Crippen LogP contribution in [-0.4, -0.2) is 38.7 Å². The first-order valence-electron chi connectivity index (χ1n) is 9.79. The van der Waals surface area contributed by atoms with Crippen molar-refractivity contribution in [2.45, 2.75) is 57.4 Å². The number of aryl methyl sites for hydroxylation is 1. The lowest BCUT2D eigenvalue weighted by atomic mass is 9.97. The van der Waals surface area contributed by atoms with Crippen LogP contribution in [0.4, 0.5) is 10.5 Å². The maximum absolute atomic E-state index is 13.0. The second-order valence-electron chi connectivity index (χ2n) is 7.67. The number of carbonyl (C=O) groups excluding carboxylic acids is 1. The summed E-state index contributed by atoms with van der Waals surface area (Å²) in [6, 6.07) is 1.01. The van der Waals surface area contributed by atoms with Crippen molar-refractivity contribution in [3.05, 3.63) is 23.5 Å². The van der Waals surface area contributed by atoms with E-state index in [0.29, 0.717) is 30.4 Å². The quantitative estimate of drug-likeness (QED) is 0.635. The van der Waals surface area contributed by atoms with Crippen molar-refractivity contribution < 1.29 is 18.5 Å². The van der Waals surface area contributed by atoms with Gasteiger partial charge in [-0.05, 0) is 17.4 Å². The Kier molecular flexibility index (Phi) is 6.20. The fourth-order valence-corrected chi connectivity index (χ4v) is 4.27. The highest BCUT2D eigenvalue weighted by molar-refractivity contribution is 7.91. The summed E-state index contributed by atoms with van der Waals surface area (Å²) in [6.45, 7) is 8.97. The summed E-state index contributed by atoms with van der Waals surface area (Å²) in [4.78, 5) is 17.3. The molecule has 10 nitrogen and oxygen atoms in total. The number of rotatable bonds is 6. The minimum Gasteiger partial charge on any atom is -0.481 e. The average molecular weight is 437 g/mol. The highest BCUT2D eigenvalue weighted by atomic mass is 32.2. The van der Waals surface area contributed by atoms with Crippen LogP contribution in [0.15, 0.2) is 17.2 Å². The number of pyridine rings is 1. The first-order valence-corrected chi connectivity index (χ1v) is 11.3. The van der Waals surface area contributed by atoms with Crippen molar-refractivity contribution in [2.75, 3.05) is 19.0 Å². The van der Waals surface area contributed by atoms with E-state index in [-0.39, 0.29) is 22.6 Å². The Labute approximate surface area is 176 Å². The maximum atomic E-state index is 13.0. The first-order chi connectivity index (χ1) is 14.1. The highest BCUT2D eigenvalue weighted by Gasteiger charge is 2.27. The van der Waals surface area contributed by atoms with E-state index in [1.54, 1.807) is 17.9 Å². The molecule has 0 fully saturated rings. The van der Waals surface area contributed by atoms with E-state index in [2.05, 4.69) is 20.1 Å². The molecule has 0 aromatic carbocycles. The number of methoxy groups -OCH3 is 1. The number of ether oxygens (including phenoxy) is 2. The van der Waals surface area contributed by atoms with Gasteiger partial charge >= 0.3 is 6.03 Å². The topological polar surface area (TPSA) is 131 Å². The molecule has 1 unspecified atom stereocenters. The number of urea groups is 1. The number of hydrogen-bond donors (Lipinski definition) is 3. The molecular formula is C19H28N6O4S. The molecule has 0 spiro atoms. The molecule has 1 aliphatic rings. The van der Waals surface area contributed by atoms with Gasteiger partial charge in [-0.3, -0.25) is 0 Å². The van der Waals surface area contributed by atoms with Crippen LogP contribution in [0.3, 0.4) is 0 Å². The van der Waals surface area contributed by atoms with Gasteiger partial charge in [-0.25, -0.2) is 28.2 Å². The molecule has 2 aromatic rings. The number of hydrogen-bond acceptors (Lipinski definition) is 7. The molecule has 3 N–H and O–H groups in total. The molecule has 3 rings (SSSR count). The molecule has 0 saturated carbocycles. The number of aromatic nitrogens is 3. The van der Waals surface area contributed by atoms with Crippen molar-refractivity contribution in [1.82, 2.24) is 19.5 Å². The Morgan fingerprint density at radius 2 is 2.07 bits per heavy atom. The zero-order chi connectivity index (χ0) is 22.1. The molecule has 2 amide bonds. The van der Waals surface area contributed by atoms with E-state index in [0.717, 1.165) is 12.0 Å². The van der Waals surface area contributed by atoms with E-state index in [1.807, 2.05) is 27.7 Å². The van der Waals surface area contributed by atoms with Gasteiger partial charge in [-0.1, -0.05) is 27.7 Å². The van der Waals surface area contributed by atoms with Crippen LogP contribution in [0, 0.1) is 4.78 Å². The van der Waals surface area contributed by atoms with Crippen molar-refractivity contribution in [3.63, 3.8) is 0 Å². The molecule has 2 aromatic heterocycles. The smallest absolute Gasteiger partial charge is 0.332 e. The van der Waals surface area contributed by atoms with Crippen LogP contribution in [-0.2, 0) is 16.5 Å². The normalized spacial score (nSPS) is 15.3. The van der Waals surface area contributed by atoms with Gasteiger partial charge in [0, 0.05) is 19.0 Å². The molecule has 0 aliphatic carbocycles. The molecule has 11 heteroatoms. The minimum absolute atomic E-state index is 0.00403. The van der Waals surface area contributed by atoms with E-state index >= 15 is 0 Å². The fraction of sp³-hybridized carbons (Fsp3) is 0.526. The number of carbonyl (C=O) groups is 1. The second kappa shape index (κ2) is 8.50. The molecule has 3 heterocycles. The van der Waals surface area contributed by atoms with E-state index < -0.39 is 15.9 Å². The molecular weight excluding hydrogens is 408 g/mol. The van der Waals surface area contributed by atoms with Gasteiger partial charge in [0.1, 0.15) is 4.90 Å². The number of amides is 2. The zero-order valence-electron chi connectivity index (χ0n) is 17.8. The summed E-state index contributed by atoms with van der Waals surface area (Å²) in [5.41, 5.74) is 2.01. The van der Waals surface area contributed by atoms with Gasteiger partial charge in [0.15, 0.2) is 9.92 Å². The van der Waals surface area contributed by atoms with Gasteiger partial charge in [-0.15, -0.1) is 0 Å². The van der Waals surface area contributed by atoms with Crippen molar-refractivity contribution in [2.24, 2.45) is 0 Å². The average Bonchev–Trinajstić information content (AvgIpc) is 3.12. The summed E-state index contributed by atoms with van der Waals surface area (Å²) < 4.78 is 35.9. The van der Waals surface area contributed by atoms with Crippen molar-refractivity contribution >= 4 is 21.6 Å². The third-order valence-corrected chi connectivity index (χ3v) is 6.10. The van der Waals surface area contributed by atoms with Gasteiger partial charge < -0.3 is 14.8 Å². The highest BCUT2D eigenvalue weighted by Crippen LogP contribution is 2.34. The summed E-state index contributed by atoms with van der Waals surface area (Å²) in [5.74, 6) is 0.801. The summed E-state index contributed by atoms with van der Waals surface area (Å²) in [6.07, 6.45) is 2.09. The lowest BCUT2D eigenvalue weighted by Crippen LogP contribution is -2.34. The molecule has 0 saturated heterocycles. The number of nitrogens with zero attached hydrogens (tertiary/aromatic N) is 3. The third-order valence-electron chi connectivity index (χ3n) is 4.73. The van der Waals surface area contributed by atoms with Crippen molar-refractivity contribution in [1.29, 1.82) is 4.78 Å². The number of anilines is 1. The van der Waals surface area contributed by atoms with Crippen LogP contribution < -0.4 is 19.5 Å². The lowest BCUT2D eigenvalue weighted by Gasteiger charge is -2.21. The van der Waals surface area contributed by atoms with E-state index in [9.17, 15) is 9.00 Å². The minimum atomic E-state index is -3.67. The lowest BCUT2D eigenvalue weighted by molar-refractivity contribution is 0.224. The molecule has 164 valence electrons. The van der Waals surface area contributed by atoms with Crippen LogP contribution in [0.25, 0.3) is 0 Å². The van der Waals surface area contributed by atoms with Gasteiger partial charge in [0.2, 0.25) is 11.8 Å². The van der Waals surface area contributed by atoms with Gasteiger partial charge in [0.05, 0.1) is 31.3 Å². The second-order valence-corrected chi connectivity index (χ2v) is 9.43. The van der Waals surface area contributed by atoms with Gasteiger partial charge in [0.25, 0.3) is 0 Å². The first kappa shape index (κ1) is 21.9. The standard InChI is InChI=1S/C19H28N6O4S/c1-11(2)13-9-15(28-5)22-16(12(3)4)17(13)23-19(26)24-30(20,27)14-10-21-25-7-6-8-29-18(14)25/h9-12H,6-8H2,1-5H3,(H3,20,23,24,26,27). The largest absolute Gasteiger partial charge is 0.481 e. The Morgan fingerprint density at radius 3 is 2.70 bits per heavy atom. The Morgan fingerprint density at radius 1 is 1.33 bits per heavy atom. The predicted octanol–water partition coefficient (Wildman–Crippen LogP) is 3.46. The van der Waals surface area contributed by atoms with Crippen LogP contribution in [0.2, 0.25) is 0 Å². The van der Waals surface area contributed by atoms with Gasteiger partial charge in [-0.2, -0.15) is 5.10 Å². The van der Waals surface area contributed by atoms with Crippen LogP contribution in [0.1, 0.15) is 57.2 Å². The maximum Gasteiger partial charge on any atom is 0.332 e. The zero-order valence-corrected chi connectivity index (χ0v) is 18.6. The molecule has 30 heavy (non-hydrogen) atoms. The van der Waals surface area contributed by atoms with E-state index in [1.165, 1.54) is 6.20 Å². The Balaban J connectivity index is 1.90. The molecule has 0 radical (unpaired) electrons. The predicted molar refractivity (Wildman–Crippen MR) is 113 cm³/mol. The molecule has 1 aliphatic heterocycles. The summed E-state index contributed by atoms with van der Waals surface area (Å²) >= 11 is 0. The number of fused-ring (bicyclic) bond motifs is 1. The third kappa shape index (κ3) is 4.35. The monoisotopic (exact) mass is 436 g/mol. The molecule has 1 atom stereocenters. The molecule has 0 bridgehead atoms. The van der Waals surface area contributed by atoms with Crippen molar-refractivity contribution in [3.8, 4) is 11.8 Å². The van der Waals surface area contributed by atoms with E-state index in [4.69, 9.17) is 14.3 Å². The SMILES string of the molecule is COc1cc(C(C)C)c(NC(=O)NS(=N)(=O)c2cnn3c2OCCC3)c(C(C)C)n1. The number of nitrogens with one attached hydrogen (secondary N) is 3. The van der Waals surface area contributed by atoms with Crippen LogP contribution in [0.5, 0.6) is 11.8 Å². The Hall–Kier alpha value is -2.82. The summed E-state index contributed by atoms with van der Waals surface area (Å²) in [5, 5.41) is 6.86. The fourth-order valence-electron chi connectivity index (χ4n) is 3.24. The summed E-state index contributed by atoms with van der Waals surface area (Å²) in [7, 11) is -2.13.